The van der Waals surface area contributed by atoms with E-state index in [0.717, 1.165) is 24.6 Å². The molecule has 0 aromatic carbocycles. The summed E-state index contributed by atoms with van der Waals surface area (Å²) in [6.45, 7) is 9.95. The highest BCUT2D eigenvalue weighted by Gasteiger charge is 2.11. The molecule has 0 saturated heterocycles. The van der Waals surface area contributed by atoms with Crippen LogP contribution in [0, 0.1) is 6.92 Å². The Hall–Kier alpha value is -1.58. The summed E-state index contributed by atoms with van der Waals surface area (Å²) in [5, 5.41) is 0. The lowest BCUT2D eigenvalue weighted by atomic mass is 10.2. The summed E-state index contributed by atoms with van der Waals surface area (Å²) < 4.78 is 5.00. The van der Waals surface area contributed by atoms with E-state index in [1.54, 1.807) is 19.1 Å². The van der Waals surface area contributed by atoms with Crippen molar-refractivity contribution in [3.05, 3.63) is 23.4 Å². The quantitative estimate of drug-likeness (QED) is 0.736. The fraction of sp³-hybridized carbons (Fsp3) is 0.538. The molecule has 94 valence electrons. The van der Waals surface area contributed by atoms with Crippen molar-refractivity contribution in [3.63, 3.8) is 0 Å². The highest BCUT2D eigenvalue weighted by Crippen LogP contribution is 2.15. The van der Waals surface area contributed by atoms with Crippen LogP contribution in [0.1, 0.15) is 36.8 Å². The zero-order valence-electron chi connectivity index (χ0n) is 11.0. The van der Waals surface area contributed by atoms with Crippen molar-refractivity contribution in [2.24, 2.45) is 0 Å². The zero-order valence-corrected chi connectivity index (χ0v) is 11.0. The van der Waals surface area contributed by atoms with E-state index < -0.39 is 0 Å². The van der Waals surface area contributed by atoms with Crippen LogP contribution in [0.25, 0.3) is 0 Å². The first-order chi connectivity index (χ1) is 8.12. The van der Waals surface area contributed by atoms with Crippen molar-refractivity contribution < 1.29 is 9.53 Å². The molecule has 0 aliphatic carbocycles. The summed E-state index contributed by atoms with van der Waals surface area (Å²) in [6, 6.07) is 3.54. The Morgan fingerprint density at radius 3 is 2.47 bits per heavy atom. The minimum Gasteiger partial charge on any atom is -0.462 e. The summed E-state index contributed by atoms with van der Waals surface area (Å²) in [7, 11) is 0. The van der Waals surface area contributed by atoms with E-state index in [0.29, 0.717) is 12.2 Å². The van der Waals surface area contributed by atoms with Crippen LogP contribution in [0.4, 0.5) is 5.82 Å². The Balaban J connectivity index is 3.05. The van der Waals surface area contributed by atoms with Gasteiger partial charge in [-0.15, -0.1) is 0 Å². The van der Waals surface area contributed by atoms with Gasteiger partial charge in [-0.2, -0.15) is 0 Å². The van der Waals surface area contributed by atoms with Gasteiger partial charge in [0.1, 0.15) is 5.82 Å². The molecule has 17 heavy (non-hydrogen) atoms. The molecule has 0 fully saturated rings. The van der Waals surface area contributed by atoms with Crippen LogP contribution in [-0.4, -0.2) is 30.6 Å². The first-order valence-electron chi connectivity index (χ1n) is 6.03. The van der Waals surface area contributed by atoms with Gasteiger partial charge >= 0.3 is 5.97 Å². The molecule has 0 bridgehead atoms. The van der Waals surface area contributed by atoms with Crippen LogP contribution < -0.4 is 4.90 Å². The van der Waals surface area contributed by atoms with Gasteiger partial charge in [0.25, 0.3) is 0 Å². The standard InChI is InChI=1S/C13H20N2O2/c1-5-15(6-2)12-9-11(8-10(4)14-12)13(16)17-7-3/h8-9H,5-7H2,1-4H3. The predicted octanol–water partition coefficient (Wildman–Crippen LogP) is 2.41. The SMILES string of the molecule is CCOC(=O)c1cc(C)nc(N(CC)CC)c1. The van der Waals surface area contributed by atoms with Crippen LogP contribution in [0.3, 0.4) is 0 Å². The van der Waals surface area contributed by atoms with Crippen LogP contribution >= 0.6 is 0 Å². The van der Waals surface area contributed by atoms with Crippen molar-refractivity contribution in [3.8, 4) is 0 Å². The second kappa shape index (κ2) is 6.23. The molecule has 4 heteroatoms. The number of rotatable bonds is 5. The van der Waals surface area contributed by atoms with E-state index in [-0.39, 0.29) is 5.97 Å². The minimum atomic E-state index is -0.286. The van der Waals surface area contributed by atoms with Crippen molar-refractivity contribution in [2.75, 3.05) is 24.6 Å². The molecule has 1 aromatic rings. The van der Waals surface area contributed by atoms with Gasteiger partial charge in [0, 0.05) is 18.8 Å². The Bertz CT molecular complexity index is 387. The van der Waals surface area contributed by atoms with Crippen molar-refractivity contribution in [1.29, 1.82) is 0 Å². The smallest absolute Gasteiger partial charge is 0.338 e. The minimum absolute atomic E-state index is 0.286. The first kappa shape index (κ1) is 13.5. The molecule has 1 aromatic heterocycles. The normalized spacial score (nSPS) is 10.1. The van der Waals surface area contributed by atoms with E-state index in [1.165, 1.54) is 0 Å². The fourth-order valence-electron chi connectivity index (χ4n) is 1.69. The number of carbonyl (C=O) groups is 1. The third-order valence-electron chi connectivity index (χ3n) is 2.54. The summed E-state index contributed by atoms with van der Waals surface area (Å²) in [6.07, 6.45) is 0. The number of aromatic nitrogens is 1. The maximum Gasteiger partial charge on any atom is 0.338 e. The largest absolute Gasteiger partial charge is 0.462 e. The number of carbonyl (C=O) groups excluding carboxylic acids is 1. The van der Waals surface area contributed by atoms with E-state index >= 15 is 0 Å². The van der Waals surface area contributed by atoms with E-state index in [4.69, 9.17) is 4.74 Å². The second-order valence-electron chi connectivity index (χ2n) is 3.75. The zero-order chi connectivity index (χ0) is 12.8. The third-order valence-corrected chi connectivity index (χ3v) is 2.54. The summed E-state index contributed by atoms with van der Waals surface area (Å²) in [5.74, 6) is 0.546. The lowest BCUT2D eigenvalue weighted by Crippen LogP contribution is -2.23. The van der Waals surface area contributed by atoms with E-state index in [2.05, 4.69) is 23.7 Å². The molecule has 1 heterocycles. The molecular formula is C13H20N2O2. The molecule has 0 N–H and O–H groups in total. The molecule has 0 radical (unpaired) electrons. The number of nitrogens with zero attached hydrogens (tertiary/aromatic N) is 2. The number of pyridine rings is 1. The topological polar surface area (TPSA) is 42.4 Å². The monoisotopic (exact) mass is 236 g/mol. The van der Waals surface area contributed by atoms with E-state index in [1.807, 2.05) is 6.92 Å². The van der Waals surface area contributed by atoms with E-state index in [9.17, 15) is 4.79 Å². The Labute approximate surface area is 103 Å². The Morgan fingerprint density at radius 2 is 1.94 bits per heavy atom. The average Bonchev–Trinajstić information content (AvgIpc) is 2.30. The highest BCUT2D eigenvalue weighted by atomic mass is 16.5. The van der Waals surface area contributed by atoms with Gasteiger partial charge in [-0.05, 0) is 39.8 Å². The molecule has 4 nitrogen and oxygen atoms in total. The van der Waals surface area contributed by atoms with Gasteiger partial charge in [0.15, 0.2) is 0 Å². The summed E-state index contributed by atoms with van der Waals surface area (Å²) in [5.41, 5.74) is 1.40. The molecule has 0 spiro atoms. The number of esters is 1. The highest BCUT2D eigenvalue weighted by molar-refractivity contribution is 5.90. The molecule has 0 saturated carbocycles. The van der Waals surface area contributed by atoms with Crippen LogP contribution in [0.15, 0.2) is 12.1 Å². The molecule has 0 atom stereocenters. The molecule has 0 aliphatic rings. The molecule has 0 unspecified atom stereocenters. The van der Waals surface area contributed by atoms with Crippen LogP contribution in [0.5, 0.6) is 0 Å². The van der Waals surface area contributed by atoms with Crippen LogP contribution in [-0.2, 0) is 4.74 Å². The molecule has 1 rings (SSSR count). The molecule has 0 amide bonds. The maximum absolute atomic E-state index is 11.7. The third kappa shape index (κ3) is 3.44. The number of hydrogen-bond donors (Lipinski definition) is 0. The van der Waals surface area contributed by atoms with Gasteiger partial charge in [0.05, 0.1) is 12.2 Å². The summed E-state index contributed by atoms with van der Waals surface area (Å²) >= 11 is 0. The van der Waals surface area contributed by atoms with Crippen molar-refractivity contribution >= 4 is 11.8 Å². The van der Waals surface area contributed by atoms with Crippen molar-refractivity contribution in [2.45, 2.75) is 27.7 Å². The van der Waals surface area contributed by atoms with Gasteiger partial charge in [-0.1, -0.05) is 0 Å². The lowest BCUT2D eigenvalue weighted by Gasteiger charge is -2.20. The molecular weight excluding hydrogens is 216 g/mol. The number of anilines is 1. The molecule has 0 aliphatic heterocycles. The average molecular weight is 236 g/mol. The summed E-state index contributed by atoms with van der Waals surface area (Å²) in [4.78, 5) is 18.2. The Morgan fingerprint density at radius 1 is 1.29 bits per heavy atom. The first-order valence-corrected chi connectivity index (χ1v) is 6.03. The number of ether oxygens (including phenoxy) is 1. The predicted molar refractivity (Wildman–Crippen MR) is 68.5 cm³/mol. The number of hydrogen-bond acceptors (Lipinski definition) is 4. The van der Waals surface area contributed by atoms with Crippen molar-refractivity contribution in [1.82, 2.24) is 4.98 Å². The number of aryl methyl sites for hydroxylation is 1. The maximum atomic E-state index is 11.7. The van der Waals surface area contributed by atoms with Gasteiger partial charge in [0.2, 0.25) is 0 Å². The fourth-order valence-corrected chi connectivity index (χ4v) is 1.69. The second-order valence-corrected chi connectivity index (χ2v) is 3.75. The van der Waals surface area contributed by atoms with Gasteiger partial charge < -0.3 is 9.64 Å². The van der Waals surface area contributed by atoms with Gasteiger partial charge in [-0.25, -0.2) is 9.78 Å². The Kier molecular flexibility index (Phi) is 4.94. The van der Waals surface area contributed by atoms with Gasteiger partial charge in [-0.3, -0.25) is 0 Å². The lowest BCUT2D eigenvalue weighted by molar-refractivity contribution is 0.0526. The van der Waals surface area contributed by atoms with Crippen LogP contribution in [0.2, 0.25) is 0 Å².